The molecule has 6 heteroatoms. The topological polar surface area (TPSA) is 78.4 Å². The Morgan fingerprint density at radius 2 is 2.29 bits per heavy atom. The van der Waals surface area contributed by atoms with Gasteiger partial charge < -0.3 is 10.5 Å². The number of aryl methyl sites for hydroxylation is 1. The van der Waals surface area contributed by atoms with Crippen LogP contribution in [0.15, 0.2) is 29.6 Å². The molecule has 0 saturated carbocycles. The predicted octanol–water partition coefficient (Wildman–Crippen LogP) is 2.85. The van der Waals surface area contributed by atoms with Gasteiger partial charge in [0.05, 0.1) is 11.5 Å². The van der Waals surface area contributed by atoms with Crippen LogP contribution in [0.25, 0.3) is 0 Å². The van der Waals surface area contributed by atoms with E-state index in [0.29, 0.717) is 12.1 Å². The van der Waals surface area contributed by atoms with Crippen molar-refractivity contribution in [2.75, 3.05) is 6.54 Å². The van der Waals surface area contributed by atoms with E-state index in [9.17, 15) is 10.1 Å². The number of nitrogens with two attached hydrogens (primary N) is 1. The zero-order valence-corrected chi connectivity index (χ0v) is 12.3. The number of para-hydroxylation sites is 1. The minimum Gasteiger partial charge on any atom is -0.481 e. The standard InChI is InChI=1S/C15H14N2O3S/c1-11-4-2-6-14(15(11)17(18)19)20-9-13-8-12(10-21-13)5-3-7-16/h2,4,6,8,10H,7,9,16H2,1H3. The summed E-state index contributed by atoms with van der Waals surface area (Å²) in [5.41, 5.74) is 6.79. The molecule has 2 rings (SSSR count). The lowest BCUT2D eigenvalue weighted by Gasteiger charge is -2.06. The van der Waals surface area contributed by atoms with Gasteiger partial charge in [-0.1, -0.05) is 24.0 Å². The van der Waals surface area contributed by atoms with Gasteiger partial charge in [-0.15, -0.1) is 11.3 Å². The Morgan fingerprint density at radius 1 is 1.48 bits per heavy atom. The van der Waals surface area contributed by atoms with Crippen molar-refractivity contribution in [3.8, 4) is 17.6 Å². The maximum absolute atomic E-state index is 11.1. The Bertz CT molecular complexity index is 713. The van der Waals surface area contributed by atoms with E-state index >= 15 is 0 Å². The molecule has 1 aromatic carbocycles. The van der Waals surface area contributed by atoms with Crippen molar-refractivity contribution in [2.45, 2.75) is 13.5 Å². The summed E-state index contributed by atoms with van der Waals surface area (Å²) >= 11 is 1.50. The van der Waals surface area contributed by atoms with Crippen molar-refractivity contribution < 1.29 is 9.66 Å². The third-order valence-electron chi connectivity index (χ3n) is 2.74. The molecule has 5 nitrogen and oxygen atoms in total. The van der Waals surface area contributed by atoms with Crippen LogP contribution in [-0.2, 0) is 6.61 Å². The molecule has 0 aliphatic heterocycles. The third kappa shape index (κ3) is 3.81. The van der Waals surface area contributed by atoms with Gasteiger partial charge in [-0.2, -0.15) is 0 Å². The number of thiophene rings is 1. The summed E-state index contributed by atoms with van der Waals surface area (Å²) in [5.74, 6) is 5.99. The third-order valence-corrected chi connectivity index (χ3v) is 3.65. The predicted molar refractivity (Wildman–Crippen MR) is 82.4 cm³/mol. The van der Waals surface area contributed by atoms with Gasteiger partial charge in [-0.3, -0.25) is 10.1 Å². The van der Waals surface area contributed by atoms with Gasteiger partial charge in [0.2, 0.25) is 0 Å². The molecule has 0 amide bonds. The Hall–Kier alpha value is -2.36. The Kier molecular flexibility index (Phi) is 4.93. The van der Waals surface area contributed by atoms with Gasteiger partial charge in [0, 0.05) is 21.4 Å². The first kappa shape index (κ1) is 15.0. The fourth-order valence-electron chi connectivity index (χ4n) is 1.81. The smallest absolute Gasteiger partial charge is 0.313 e. The molecule has 0 aliphatic carbocycles. The molecular formula is C15H14N2O3S. The van der Waals surface area contributed by atoms with E-state index in [1.165, 1.54) is 11.3 Å². The van der Waals surface area contributed by atoms with Crippen LogP contribution in [0.5, 0.6) is 5.75 Å². The SMILES string of the molecule is Cc1cccc(OCc2cc(C#CCN)cs2)c1[N+](=O)[O-]. The first-order chi connectivity index (χ1) is 10.1. The zero-order valence-electron chi connectivity index (χ0n) is 11.5. The van der Waals surface area contributed by atoms with Crippen molar-refractivity contribution in [3.63, 3.8) is 0 Å². The highest BCUT2D eigenvalue weighted by Crippen LogP contribution is 2.31. The summed E-state index contributed by atoms with van der Waals surface area (Å²) in [5, 5.41) is 13.0. The van der Waals surface area contributed by atoms with Crippen LogP contribution >= 0.6 is 11.3 Å². The van der Waals surface area contributed by atoms with Gasteiger partial charge in [0.1, 0.15) is 6.61 Å². The summed E-state index contributed by atoms with van der Waals surface area (Å²) in [6.45, 7) is 2.28. The highest BCUT2D eigenvalue weighted by atomic mass is 32.1. The van der Waals surface area contributed by atoms with Gasteiger partial charge in [-0.05, 0) is 19.1 Å². The molecule has 2 aromatic rings. The second-order valence-electron chi connectivity index (χ2n) is 4.28. The molecule has 0 aliphatic rings. The zero-order chi connectivity index (χ0) is 15.2. The van der Waals surface area contributed by atoms with Gasteiger partial charge >= 0.3 is 5.69 Å². The Balaban J connectivity index is 2.12. The fourth-order valence-corrected chi connectivity index (χ4v) is 2.53. The number of nitro groups is 1. The molecule has 21 heavy (non-hydrogen) atoms. The van der Waals surface area contributed by atoms with Crippen LogP contribution in [0.2, 0.25) is 0 Å². The number of benzene rings is 1. The van der Waals surface area contributed by atoms with Crippen molar-refractivity contribution >= 4 is 17.0 Å². The van der Waals surface area contributed by atoms with Crippen molar-refractivity contribution in [2.24, 2.45) is 5.73 Å². The summed E-state index contributed by atoms with van der Waals surface area (Å²) in [6, 6.07) is 6.93. The summed E-state index contributed by atoms with van der Waals surface area (Å²) in [7, 11) is 0. The number of nitro benzene ring substituents is 1. The van der Waals surface area contributed by atoms with Crippen molar-refractivity contribution in [3.05, 3.63) is 55.8 Å². The van der Waals surface area contributed by atoms with E-state index in [4.69, 9.17) is 10.5 Å². The summed E-state index contributed by atoms with van der Waals surface area (Å²) in [4.78, 5) is 11.6. The monoisotopic (exact) mass is 302 g/mol. The summed E-state index contributed by atoms with van der Waals surface area (Å²) < 4.78 is 5.58. The van der Waals surface area contributed by atoms with Crippen LogP contribution in [0.3, 0.4) is 0 Å². The largest absolute Gasteiger partial charge is 0.481 e. The Labute approximate surface area is 126 Å². The van der Waals surface area contributed by atoms with Crippen LogP contribution in [0, 0.1) is 28.9 Å². The minimum absolute atomic E-state index is 0.0113. The summed E-state index contributed by atoms with van der Waals surface area (Å²) in [6.07, 6.45) is 0. The first-order valence-electron chi connectivity index (χ1n) is 6.25. The maximum Gasteiger partial charge on any atom is 0.313 e. The second kappa shape index (κ2) is 6.88. The molecule has 0 atom stereocenters. The molecule has 1 aromatic heterocycles. The van der Waals surface area contributed by atoms with Crippen molar-refractivity contribution in [1.82, 2.24) is 0 Å². The van der Waals surface area contributed by atoms with Crippen LogP contribution < -0.4 is 10.5 Å². The van der Waals surface area contributed by atoms with Gasteiger partial charge in [0.25, 0.3) is 0 Å². The first-order valence-corrected chi connectivity index (χ1v) is 7.13. The van der Waals surface area contributed by atoms with Gasteiger partial charge in [-0.25, -0.2) is 0 Å². The van der Waals surface area contributed by atoms with E-state index in [1.807, 2.05) is 11.4 Å². The lowest BCUT2D eigenvalue weighted by molar-refractivity contribution is -0.386. The second-order valence-corrected chi connectivity index (χ2v) is 5.27. The van der Waals surface area contributed by atoms with E-state index in [0.717, 1.165) is 10.4 Å². The average Bonchev–Trinajstić information content (AvgIpc) is 2.90. The quantitative estimate of drug-likeness (QED) is 0.535. The van der Waals surface area contributed by atoms with Crippen molar-refractivity contribution in [1.29, 1.82) is 0 Å². The fraction of sp³-hybridized carbons (Fsp3) is 0.200. The number of hydrogen-bond donors (Lipinski definition) is 1. The van der Waals surface area contributed by atoms with E-state index < -0.39 is 4.92 Å². The molecule has 108 valence electrons. The van der Waals surface area contributed by atoms with E-state index in [-0.39, 0.29) is 18.0 Å². The number of nitrogens with zero attached hydrogens (tertiary/aromatic N) is 1. The lowest BCUT2D eigenvalue weighted by atomic mass is 10.2. The molecule has 0 saturated heterocycles. The molecule has 0 bridgehead atoms. The minimum atomic E-state index is -0.419. The number of ether oxygens (including phenoxy) is 1. The van der Waals surface area contributed by atoms with E-state index in [1.54, 1.807) is 25.1 Å². The highest BCUT2D eigenvalue weighted by Gasteiger charge is 2.18. The van der Waals surface area contributed by atoms with Crippen LogP contribution in [0.1, 0.15) is 16.0 Å². The molecule has 0 fully saturated rings. The van der Waals surface area contributed by atoms with Crippen LogP contribution in [-0.4, -0.2) is 11.5 Å². The molecule has 0 spiro atoms. The lowest BCUT2D eigenvalue weighted by Crippen LogP contribution is -1.99. The highest BCUT2D eigenvalue weighted by molar-refractivity contribution is 7.10. The molecule has 0 unspecified atom stereocenters. The number of hydrogen-bond acceptors (Lipinski definition) is 5. The molecule has 0 radical (unpaired) electrons. The van der Waals surface area contributed by atoms with Gasteiger partial charge in [0.15, 0.2) is 5.75 Å². The van der Waals surface area contributed by atoms with Crippen LogP contribution in [0.4, 0.5) is 5.69 Å². The van der Waals surface area contributed by atoms with E-state index in [2.05, 4.69) is 11.8 Å². The molecule has 1 heterocycles. The average molecular weight is 302 g/mol. The Morgan fingerprint density at radius 3 is 3.00 bits per heavy atom. The maximum atomic E-state index is 11.1. The molecular weight excluding hydrogens is 288 g/mol. The number of rotatable bonds is 4. The normalized spacial score (nSPS) is 9.81. The molecule has 2 N–H and O–H groups in total.